The fraction of sp³-hybridized carbons (Fsp3) is 0.294. The van der Waals surface area contributed by atoms with E-state index >= 15 is 0 Å². The molecule has 0 aliphatic carbocycles. The van der Waals surface area contributed by atoms with Crippen molar-refractivity contribution in [3.63, 3.8) is 0 Å². The molecule has 1 aromatic heterocycles. The van der Waals surface area contributed by atoms with Crippen LogP contribution in [0.1, 0.15) is 17.0 Å². The van der Waals surface area contributed by atoms with E-state index < -0.39 is 0 Å². The summed E-state index contributed by atoms with van der Waals surface area (Å²) in [6.07, 6.45) is 4.08. The Morgan fingerprint density at radius 3 is 2.55 bits per heavy atom. The molecule has 1 amide bonds. The summed E-state index contributed by atoms with van der Waals surface area (Å²) in [6.45, 7) is 0.990. The maximum Gasteiger partial charge on any atom is 0.227 e. The molecule has 0 aliphatic rings. The molecule has 4 nitrogen and oxygen atoms in total. The van der Waals surface area contributed by atoms with Crippen LogP contribution < -0.4 is 5.32 Å². The molecule has 2 rings (SSSR count). The van der Waals surface area contributed by atoms with Crippen LogP contribution in [-0.2, 0) is 16.0 Å². The fourth-order valence-electron chi connectivity index (χ4n) is 2.21. The topological polar surface area (TPSA) is 51.2 Å². The van der Waals surface area contributed by atoms with Crippen LogP contribution in [0.4, 0.5) is 0 Å². The lowest BCUT2D eigenvalue weighted by atomic mass is 9.91. The van der Waals surface area contributed by atoms with E-state index in [-0.39, 0.29) is 11.8 Å². The number of aromatic nitrogens is 1. The maximum atomic E-state index is 12.5. The number of carbonyl (C=O) groups excluding carboxylic acids is 1. The first-order chi connectivity index (χ1) is 10.7. The Kier molecular flexibility index (Phi) is 6.37. The van der Waals surface area contributed by atoms with Gasteiger partial charge >= 0.3 is 0 Å². The Labute approximate surface area is 135 Å². The first kappa shape index (κ1) is 16.5. The quantitative estimate of drug-likeness (QED) is 0.799. The number of halogens is 1. The minimum absolute atomic E-state index is 0.0174. The third kappa shape index (κ3) is 4.83. The number of methoxy groups -OCH3 is 1. The monoisotopic (exact) mass is 318 g/mol. The smallest absolute Gasteiger partial charge is 0.227 e. The molecule has 22 heavy (non-hydrogen) atoms. The van der Waals surface area contributed by atoms with Crippen molar-refractivity contribution in [2.45, 2.75) is 12.3 Å². The second-order valence-electron chi connectivity index (χ2n) is 4.95. The Hall–Kier alpha value is -1.91. The summed E-state index contributed by atoms with van der Waals surface area (Å²) in [6, 6.07) is 11.2. The average Bonchev–Trinajstić information content (AvgIpc) is 2.55. The molecule has 0 saturated carbocycles. The van der Waals surface area contributed by atoms with Crippen molar-refractivity contribution in [3.05, 3.63) is 64.9 Å². The summed E-state index contributed by atoms with van der Waals surface area (Å²) >= 11 is 5.93. The molecule has 1 aromatic carbocycles. The lowest BCUT2D eigenvalue weighted by Crippen LogP contribution is -2.32. The van der Waals surface area contributed by atoms with Crippen molar-refractivity contribution in [2.75, 3.05) is 20.3 Å². The lowest BCUT2D eigenvalue weighted by Gasteiger charge is -2.17. The summed E-state index contributed by atoms with van der Waals surface area (Å²) in [5, 5.41) is 3.56. The summed E-state index contributed by atoms with van der Waals surface area (Å²) < 4.78 is 4.97. The van der Waals surface area contributed by atoms with Crippen molar-refractivity contribution in [1.29, 1.82) is 0 Å². The average molecular weight is 319 g/mol. The van der Waals surface area contributed by atoms with Gasteiger partial charge in [0.1, 0.15) is 0 Å². The molecule has 0 spiro atoms. The van der Waals surface area contributed by atoms with Gasteiger partial charge in [-0.1, -0.05) is 23.7 Å². The first-order valence-electron chi connectivity index (χ1n) is 7.11. The summed E-state index contributed by atoms with van der Waals surface area (Å²) in [4.78, 5) is 16.5. The molecule has 5 heteroatoms. The van der Waals surface area contributed by atoms with Crippen molar-refractivity contribution in [2.24, 2.45) is 0 Å². The van der Waals surface area contributed by atoms with Gasteiger partial charge in [-0.15, -0.1) is 0 Å². The second kappa shape index (κ2) is 8.51. The maximum absolute atomic E-state index is 12.5. The third-order valence-electron chi connectivity index (χ3n) is 3.38. The Bertz CT molecular complexity index is 587. The summed E-state index contributed by atoms with van der Waals surface area (Å²) in [7, 11) is 1.61. The molecule has 0 saturated heterocycles. The van der Waals surface area contributed by atoms with Crippen LogP contribution >= 0.6 is 11.6 Å². The molecule has 0 radical (unpaired) electrons. The van der Waals surface area contributed by atoms with Crippen LogP contribution in [0, 0.1) is 0 Å². The van der Waals surface area contributed by atoms with Gasteiger partial charge in [-0.2, -0.15) is 0 Å². The number of nitrogens with one attached hydrogen (secondary N) is 1. The van der Waals surface area contributed by atoms with Gasteiger partial charge in [0.15, 0.2) is 0 Å². The predicted octanol–water partition coefficient (Wildman–Crippen LogP) is 2.82. The molecule has 1 atom stereocenters. The summed E-state index contributed by atoms with van der Waals surface area (Å²) in [5.41, 5.74) is 2.01. The Morgan fingerprint density at radius 2 is 1.91 bits per heavy atom. The minimum atomic E-state index is -0.267. The number of ether oxygens (including phenoxy) is 1. The number of amides is 1. The molecule has 1 N–H and O–H groups in total. The highest BCUT2D eigenvalue weighted by molar-refractivity contribution is 6.30. The van der Waals surface area contributed by atoms with Crippen molar-refractivity contribution >= 4 is 17.5 Å². The predicted molar refractivity (Wildman–Crippen MR) is 87.0 cm³/mol. The molecule has 0 bridgehead atoms. The molecular weight excluding hydrogens is 300 g/mol. The fourth-order valence-corrected chi connectivity index (χ4v) is 2.34. The van der Waals surface area contributed by atoms with Crippen molar-refractivity contribution < 1.29 is 9.53 Å². The molecule has 116 valence electrons. The number of hydrogen-bond acceptors (Lipinski definition) is 3. The van der Waals surface area contributed by atoms with E-state index in [1.165, 1.54) is 0 Å². The number of hydrogen-bond donors (Lipinski definition) is 1. The van der Waals surface area contributed by atoms with Crippen LogP contribution in [0.25, 0.3) is 0 Å². The van der Waals surface area contributed by atoms with E-state index in [1.54, 1.807) is 31.6 Å². The van der Waals surface area contributed by atoms with Gasteiger partial charge in [0.25, 0.3) is 0 Å². The van der Waals surface area contributed by atoms with Gasteiger partial charge in [-0.25, -0.2) is 0 Å². The van der Waals surface area contributed by atoms with E-state index in [9.17, 15) is 4.79 Å². The first-order valence-corrected chi connectivity index (χ1v) is 7.49. The standard InChI is InChI=1S/C17H19ClN2O2/c1-22-11-10-20-17(21)16(12-13-6-8-19-9-7-13)14-2-4-15(18)5-3-14/h2-9,16H,10-12H2,1H3,(H,20,21). The second-order valence-corrected chi connectivity index (χ2v) is 5.38. The Balaban J connectivity index is 2.16. The van der Waals surface area contributed by atoms with Gasteiger partial charge in [-0.3, -0.25) is 9.78 Å². The Morgan fingerprint density at radius 1 is 1.23 bits per heavy atom. The zero-order chi connectivity index (χ0) is 15.8. The van der Waals surface area contributed by atoms with Crippen LogP contribution in [0.15, 0.2) is 48.8 Å². The largest absolute Gasteiger partial charge is 0.383 e. The summed E-state index contributed by atoms with van der Waals surface area (Å²) in [5.74, 6) is -0.285. The van der Waals surface area contributed by atoms with E-state index in [0.717, 1.165) is 11.1 Å². The minimum Gasteiger partial charge on any atom is -0.383 e. The number of nitrogens with zero attached hydrogens (tertiary/aromatic N) is 1. The van der Waals surface area contributed by atoms with E-state index in [0.29, 0.717) is 24.6 Å². The van der Waals surface area contributed by atoms with E-state index in [2.05, 4.69) is 10.3 Å². The number of carbonyl (C=O) groups is 1. The van der Waals surface area contributed by atoms with Crippen LogP contribution in [-0.4, -0.2) is 31.2 Å². The molecule has 1 unspecified atom stereocenters. The van der Waals surface area contributed by atoms with Crippen molar-refractivity contribution in [3.8, 4) is 0 Å². The van der Waals surface area contributed by atoms with E-state index in [1.807, 2.05) is 24.3 Å². The number of pyridine rings is 1. The van der Waals surface area contributed by atoms with Crippen LogP contribution in [0.5, 0.6) is 0 Å². The molecule has 1 heterocycles. The number of benzene rings is 1. The SMILES string of the molecule is COCCNC(=O)C(Cc1ccncc1)c1ccc(Cl)cc1. The highest BCUT2D eigenvalue weighted by atomic mass is 35.5. The van der Waals surface area contributed by atoms with Gasteiger partial charge in [0, 0.05) is 31.1 Å². The molecular formula is C17H19ClN2O2. The van der Waals surface area contributed by atoms with Gasteiger partial charge in [0.2, 0.25) is 5.91 Å². The van der Waals surface area contributed by atoms with Crippen molar-refractivity contribution in [1.82, 2.24) is 10.3 Å². The van der Waals surface area contributed by atoms with Crippen LogP contribution in [0.3, 0.4) is 0 Å². The normalized spacial score (nSPS) is 11.9. The highest BCUT2D eigenvalue weighted by Gasteiger charge is 2.20. The zero-order valence-corrected chi connectivity index (χ0v) is 13.2. The third-order valence-corrected chi connectivity index (χ3v) is 3.64. The molecule has 0 aliphatic heterocycles. The zero-order valence-electron chi connectivity index (χ0n) is 12.5. The van der Waals surface area contributed by atoms with E-state index in [4.69, 9.17) is 16.3 Å². The highest BCUT2D eigenvalue weighted by Crippen LogP contribution is 2.23. The molecule has 0 fully saturated rings. The van der Waals surface area contributed by atoms with Gasteiger partial charge in [0.05, 0.1) is 12.5 Å². The van der Waals surface area contributed by atoms with Gasteiger partial charge < -0.3 is 10.1 Å². The number of rotatable bonds is 7. The van der Waals surface area contributed by atoms with Gasteiger partial charge in [-0.05, 0) is 41.8 Å². The lowest BCUT2D eigenvalue weighted by molar-refractivity contribution is -0.122. The van der Waals surface area contributed by atoms with Crippen LogP contribution in [0.2, 0.25) is 5.02 Å². The molecule has 2 aromatic rings.